The maximum absolute atomic E-state index is 12.8. The molecule has 0 saturated heterocycles. The number of benzene rings is 12. The Bertz CT molecular complexity index is 7240. The molecule has 36 heteroatoms. The molecule has 0 saturated carbocycles. The summed E-state index contributed by atoms with van der Waals surface area (Å²) in [5.74, 6) is 4.99. The number of methoxy groups -OCH3 is 2. The molecule has 0 bridgehead atoms. The second-order valence-corrected chi connectivity index (χ2v) is 34.8. The molecule has 0 unspecified atom stereocenters. The Hall–Kier alpha value is -18.0. The second kappa shape index (κ2) is 54.3. The number of hydrogen-bond acceptors (Lipinski definition) is 26. The standard InChI is InChI=1S/C29H27BrN2O7.C29H27ClN2O6.C28H26N2O7.C28H26N2O6/c1-19-25(31-28(38-19)21-8-4-3-5-9-21)13-14-37-22-10-6-7-20(15-22)17-32(18-27(33)34)29(35)39-23-11-12-26(36-2)24(30)16-23;1-19-8-11-24(16-25(19)30)38-29(35)32(18-27(33)34)17-21-9-12-23(13-10-21)36-15-14-26-20(2)37-28(31-26)22-6-4-3-5-7-22;1-19-25(29-27(36-19)21-8-4-3-5-9-21)18-35-24-10-6-7-20(15-24)16-30(17-26(31)32)28(33)37-23-13-11-22(34-2)12-14-23;1-19-11-13-23(14-12-19)36-28(33)30(17-26(31)32)16-21-7-6-10-24(15-21)34-18-25-20(2)35-27(29-25)22-8-4-3-5-9-22/h3-12,15-16H,13-14,17-18H2,1-2H3,(H,33,34);3-13,16H,14-15,17-18H2,1-2H3,(H,33,34);3-15H,16-18H2,1-2H3,(H,31,32);3-15H,16-18H2,1-2H3,(H,31,32). The SMILES string of the molecule is COc1ccc(OC(=O)N(CC(=O)O)Cc2cccc(OCCc3nc(-c4ccccc4)oc3C)c2)cc1Br.COc1ccc(OC(=O)N(CC(=O)O)Cc2cccc(OCc3nc(-c4ccccc4)oc3C)c2)cc1.Cc1ccc(OC(=O)N(CC(=O)O)Cc2ccc(OCCc3nc(-c4ccccc4)oc3C)cc2)cc1Cl.Cc1ccc(OC(=O)N(CC(=O)O)Cc2cccc(OCc3nc(-c4ccccc4)oc3C)c2)cc1. The Morgan fingerprint density at radius 2 is 0.613 bits per heavy atom. The highest BCUT2D eigenvalue weighted by Gasteiger charge is 2.27. The summed E-state index contributed by atoms with van der Waals surface area (Å²) in [6.07, 6.45) is -2.00. The molecule has 0 aliphatic rings. The molecule has 0 fully saturated rings. The number of carboxylic acid groups (broad SMARTS) is 4. The maximum atomic E-state index is 12.8. The van der Waals surface area contributed by atoms with Crippen molar-refractivity contribution in [1.82, 2.24) is 39.5 Å². The summed E-state index contributed by atoms with van der Waals surface area (Å²) < 4.78 is 79.1. The molecule has 150 heavy (non-hydrogen) atoms. The van der Waals surface area contributed by atoms with Gasteiger partial charge < -0.3 is 85.5 Å². The fourth-order valence-corrected chi connectivity index (χ4v) is 15.2. The summed E-state index contributed by atoms with van der Waals surface area (Å²) in [5.41, 5.74) is 11.2. The molecule has 16 rings (SSSR count). The van der Waals surface area contributed by atoms with Gasteiger partial charge in [0.05, 0.1) is 43.3 Å². The van der Waals surface area contributed by atoms with Crippen LogP contribution in [-0.2, 0) is 71.4 Å². The highest BCUT2D eigenvalue weighted by atomic mass is 79.9. The zero-order valence-electron chi connectivity index (χ0n) is 82.9. The Labute approximate surface area is 876 Å². The van der Waals surface area contributed by atoms with Crippen LogP contribution in [-0.4, -0.2) is 162 Å². The quantitative estimate of drug-likeness (QED) is 0.0277. The number of nitrogens with zero attached hydrogens (tertiary/aromatic N) is 8. The van der Waals surface area contributed by atoms with E-state index in [2.05, 4.69) is 35.9 Å². The van der Waals surface area contributed by atoms with Crippen LogP contribution in [0.15, 0.2) is 325 Å². The van der Waals surface area contributed by atoms with Gasteiger partial charge in [-0.2, -0.15) is 0 Å². The molecule has 0 aliphatic heterocycles. The Morgan fingerprint density at radius 3 is 0.967 bits per heavy atom. The van der Waals surface area contributed by atoms with Crippen molar-refractivity contribution in [1.29, 1.82) is 0 Å². The van der Waals surface area contributed by atoms with Crippen molar-refractivity contribution in [3.05, 3.63) is 392 Å². The predicted octanol–water partition coefficient (Wildman–Crippen LogP) is 23.4. The summed E-state index contributed by atoms with van der Waals surface area (Å²) in [4.78, 5) is 119. The van der Waals surface area contributed by atoms with Gasteiger partial charge in [-0.1, -0.05) is 157 Å². The zero-order valence-corrected chi connectivity index (χ0v) is 85.2. The van der Waals surface area contributed by atoms with E-state index < -0.39 is 74.4 Å². The van der Waals surface area contributed by atoms with Gasteiger partial charge in [0.1, 0.15) is 131 Å². The Kier molecular flexibility index (Phi) is 39.5. The van der Waals surface area contributed by atoms with Crippen LogP contribution in [0.3, 0.4) is 0 Å². The van der Waals surface area contributed by atoms with Crippen molar-refractivity contribution in [2.75, 3.05) is 53.6 Å². The van der Waals surface area contributed by atoms with Gasteiger partial charge in [-0.25, -0.2) is 39.1 Å². The van der Waals surface area contributed by atoms with Gasteiger partial charge in [-0.05, 0) is 249 Å². The minimum absolute atomic E-state index is 0.0135. The smallest absolute Gasteiger partial charge is 0.416 e. The van der Waals surface area contributed by atoms with E-state index in [1.54, 1.807) is 164 Å². The van der Waals surface area contributed by atoms with Crippen LogP contribution in [0.5, 0.6) is 57.5 Å². The number of carbonyl (C=O) groups is 8. The molecule has 16 aromatic rings. The van der Waals surface area contributed by atoms with Gasteiger partial charge in [0.2, 0.25) is 23.6 Å². The number of aryl methyl sites for hydroxylation is 6. The maximum Gasteiger partial charge on any atom is 0.416 e. The number of carbonyl (C=O) groups excluding carboxylic acids is 4. The molecule has 4 heterocycles. The third kappa shape index (κ3) is 33.5. The summed E-state index contributed by atoms with van der Waals surface area (Å²) >= 11 is 9.43. The average Bonchev–Trinajstić information content (AvgIpc) is 1.72. The lowest BCUT2D eigenvalue weighted by atomic mass is 10.2. The van der Waals surface area contributed by atoms with E-state index in [1.807, 2.05) is 175 Å². The van der Waals surface area contributed by atoms with Crippen molar-refractivity contribution < 1.29 is 124 Å². The van der Waals surface area contributed by atoms with E-state index in [0.29, 0.717) is 139 Å². The molecule has 4 N–H and O–H groups in total. The highest BCUT2D eigenvalue weighted by Crippen LogP contribution is 2.34. The summed E-state index contributed by atoms with van der Waals surface area (Å²) in [7, 11) is 3.05. The van der Waals surface area contributed by atoms with Crippen molar-refractivity contribution in [3.8, 4) is 103 Å². The molecule has 0 spiro atoms. The van der Waals surface area contributed by atoms with Crippen LogP contribution in [0.1, 0.15) is 79.2 Å². The molecule has 772 valence electrons. The number of aromatic nitrogens is 4. The zero-order chi connectivity index (χ0) is 107. The largest absolute Gasteiger partial charge is 0.497 e. The van der Waals surface area contributed by atoms with Crippen LogP contribution in [0.4, 0.5) is 19.2 Å². The monoisotopic (exact) mass is 2120 g/mol. The first kappa shape index (κ1) is 109. The number of halogens is 2. The topological polar surface area (TPSA) is 427 Å². The number of hydrogen-bond donors (Lipinski definition) is 4. The first-order valence-electron chi connectivity index (χ1n) is 46.9. The molecule has 0 radical (unpaired) electrons. The van der Waals surface area contributed by atoms with Gasteiger partial charge >= 0.3 is 48.3 Å². The van der Waals surface area contributed by atoms with Crippen molar-refractivity contribution >= 4 is 75.8 Å². The molecular weight excluding hydrogens is 2010 g/mol. The molecule has 0 aliphatic carbocycles. The van der Waals surface area contributed by atoms with Crippen LogP contribution in [0, 0.1) is 41.5 Å². The highest BCUT2D eigenvalue weighted by molar-refractivity contribution is 9.10. The Morgan fingerprint density at radius 1 is 0.307 bits per heavy atom. The van der Waals surface area contributed by atoms with Gasteiger partial charge in [-0.15, -0.1) is 0 Å². The summed E-state index contributed by atoms with van der Waals surface area (Å²) in [6.45, 7) is 10.3. The number of carboxylic acids is 4. The number of oxazole rings is 4. The van der Waals surface area contributed by atoms with Gasteiger partial charge in [-0.3, -0.25) is 38.8 Å². The summed E-state index contributed by atoms with van der Waals surface area (Å²) in [6, 6.07) is 89.9. The lowest BCUT2D eigenvalue weighted by Crippen LogP contribution is -2.37. The van der Waals surface area contributed by atoms with Crippen LogP contribution in [0.2, 0.25) is 5.02 Å². The third-order valence-corrected chi connectivity index (χ3v) is 23.3. The molecular formula is C114H106BrClN8O26. The average molecular weight is 2120 g/mol. The predicted molar refractivity (Wildman–Crippen MR) is 557 cm³/mol. The normalized spacial score (nSPS) is 10.6. The van der Waals surface area contributed by atoms with Gasteiger partial charge in [0.15, 0.2) is 0 Å². The minimum atomic E-state index is -1.16. The molecule has 34 nitrogen and oxygen atoms in total. The fourth-order valence-electron chi connectivity index (χ4n) is 14.5. The molecule has 12 aromatic carbocycles. The molecule has 4 amide bonds. The second-order valence-electron chi connectivity index (χ2n) is 33.6. The number of amides is 4. The van der Waals surface area contributed by atoms with Gasteiger partial charge in [0, 0.05) is 66.3 Å². The Balaban J connectivity index is 0.000000167. The minimum Gasteiger partial charge on any atom is -0.497 e. The number of ether oxygens (including phenoxy) is 10. The van der Waals surface area contributed by atoms with E-state index in [4.69, 9.17) is 76.6 Å². The van der Waals surface area contributed by atoms with E-state index in [-0.39, 0.29) is 56.6 Å². The summed E-state index contributed by atoms with van der Waals surface area (Å²) in [5, 5.41) is 37.7. The van der Waals surface area contributed by atoms with Gasteiger partial charge in [0.25, 0.3) is 0 Å². The van der Waals surface area contributed by atoms with Crippen LogP contribution < -0.4 is 47.4 Å². The lowest BCUT2D eigenvalue weighted by molar-refractivity contribution is -0.138. The third-order valence-electron chi connectivity index (χ3n) is 22.2. The van der Waals surface area contributed by atoms with Crippen LogP contribution >= 0.6 is 27.5 Å². The molecule has 4 aromatic heterocycles. The van der Waals surface area contributed by atoms with Crippen LogP contribution in [0.25, 0.3) is 45.8 Å². The molecule has 0 atom stereocenters. The number of rotatable bonds is 40. The fraction of sp³-hybridized carbons (Fsp3) is 0.193. The first-order valence-corrected chi connectivity index (χ1v) is 48.0. The van der Waals surface area contributed by atoms with E-state index >= 15 is 0 Å². The van der Waals surface area contributed by atoms with Crippen molar-refractivity contribution in [2.45, 2.75) is 93.8 Å². The van der Waals surface area contributed by atoms with Crippen molar-refractivity contribution in [3.63, 3.8) is 0 Å². The number of aliphatic carboxylic acids is 4. The lowest BCUT2D eigenvalue weighted by Gasteiger charge is -2.20. The van der Waals surface area contributed by atoms with E-state index in [9.17, 15) is 58.8 Å². The first-order chi connectivity index (χ1) is 72.4. The van der Waals surface area contributed by atoms with Crippen molar-refractivity contribution in [2.24, 2.45) is 0 Å². The van der Waals surface area contributed by atoms with E-state index in [0.717, 1.165) is 81.5 Å². The van der Waals surface area contributed by atoms with E-state index in [1.165, 1.54) is 20.3 Å².